The number of piperidine rings is 1. The molecule has 2 rings (SSSR count). The van der Waals surface area contributed by atoms with Crippen LogP contribution in [0.3, 0.4) is 0 Å². The number of ether oxygens (including phenoxy) is 4. The van der Waals surface area contributed by atoms with Crippen molar-refractivity contribution in [2.75, 3.05) is 91.6 Å². The first-order chi connectivity index (χ1) is 24.2. The van der Waals surface area contributed by atoms with Crippen molar-refractivity contribution in [1.29, 1.82) is 0 Å². The molecule has 15 nitrogen and oxygen atoms in total. The average Bonchev–Trinajstić information content (AvgIpc) is 2.94. The van der Waals surface area contributed by atoms with Gasteiger partial charge in [-0.3, -0.25) is 38.8 Å². The Bertz CT molecular complexity index is 1160. The maximum absolute atomic E-state index is 13.7. The minimum Gasteiger partial charge on any atom is -0.459 e. The van der Waals surface area contributed by atoms with Crippen LogP contribution in [0.15, 0.2) is 0 Å². The lowest BCUT2D eigenvalue weighted by molar-refractivity contribution is -0.158. The minimum atomic E-state index is -0.641. The Balaban J connectivity index is 2.23. The summed E-state index contributed by atoms with van der Waals surface area (Å²) in [5, 5.41) is 2.92. The van der Waals surface area contributed by atoms with E-state index in [0.717, 1.165) is 0 Å². The van der Waals surface area contributed by atoms with Crippen LogP contribution in [0.5, 0.6) is 0 Å². The second-order valence-corrected chi connectivity index (χ2v) is 18.2. The van der Waals surface area contributed by atoms with E-state index in [2.05, 4.69) is 10.2 Å². The van der Waals surface area contributed by atoms with Crippen LogP contribution in [0.1, 0.15) is 95.9 Å². The fourth-order valence-corrected chi connectivity index (χ4v) is 5.92. The molecule has 0 saturated carbocycles. The molecule has 0 bridgehead atoms. The zero-order valence-electron chi connectivity index (χ0n) is 34.8. The first-order valence-corrected chi connectivity index (χ1v) is 19.1. The molecule has 2 heterocycles. The van der Waals surface area contributed by atoms with Gasteiger partial charge in [0.1, 0.15) is 22.4 Å². The van der Waals surface area contributed by atoms with Crippen LogP contribution < -0.4 is 5.32 Å². The predicted molar refractivity (Wildman–Crippen MR) is 202 cm³/mol. The Kier molecular flexibility index (Phi) is 17.5. The highest BCUT2D eigenvalue weighted by atomic mass is 16.6. The predicted octanol–water partition coefficient (Wildman–Crippen LogP) is 2.75. The van der Waals surface area contributed by atoms with Crippen LogP contribution in [-0.4, -0.2) is 174 Å². The van der Waals surface area contributed by atoms with Gasteiger partial charge in [0.05, 0.1) is 26.2 Å². The number of rotatable bonds is 9. The lowest BCUT2D eigenvalue weighted by Gasteiger charge is -2.36. The van der Waals surface area contributed by atoms with Gasteiger partial charge in [0.15, 0.2) is 0 Å². The van der Waals surface area contributed by atoms with E-state index in [-0.39, 0.29) is 56.0 Å². The van der Waals surface area contributed by atoms with Crippen LogP contribution in [-0.2, 0) is 38.1 Å². The molecule has 0 spiro atoms. The number of hydrogen-bond acceptors (Lipinski definition) is 13. The quantitative estimate of drug-likeness (QED) is 0.272. The summed E-state index contributed by atoms with van der Waals surface area (Å²) in [4.78, 5) is 74.7. The summed E-state index contributed by atoms with van der Waals surface area (Å²) in [6, 6.07) is -0.0757. The molecule has 2 aliphatic heterocycles. The van der Waals surface area contributed by atoms with Gasteiger partial charge in [0.2, 0.25) is 5.91 Å². The summed E-state index contributed by atoms with van der Waals surface area (Å²) >= 11 is 0. The van der Waals surface area contributed by atoms with Crippen LogP contribution in [0.25, 0.3) is 0 Å². The molecule has 2 aliphatic rings. The SMILES string of the molecule is CC(C)(C)OC(=O)CN1CCN(CC(=O)OC(C)(C)C)CCN(CC(=O)N2CCC(NC(=O)OC(C)(C)C)CC2)CCN(CC(=O)OC(C)(C)C)CC1. The molecule has 1 N–H and O–H groups in total. The number of carbonyl (C=O) groups is 5. The topological polar surface area (TPSA) is 150 Å². The zero-order valence-corrected chi connectivity index (χ0v) is 34.8. The number of amides is 2. The average molecular weight is 755 g/mol. The highest BCUT2D eigenvalue weighted by molar-refractivity contribution is 5.78. The molecule has 0 atom stereocenters. The number of hydrogen-bond donors (Lipinski definition) is 1. The van der Waals surface area contributed by atoms with E-state index < -0.39 is 28.5 Å². The van der Waals surface area contributed by atoms with Gasteiger partial charge >= 0.3 is 24.0 Å². The monoisotopic (exact) mass is 755 g/mol. The third-order valence-corrected chi connectivity index (χ3v) is 8.18. The van der Waals surface area contributed by atoms with Crippen LogP contribution in [0.2, 0.25) is 0 Å². The largest absolute Gasteiger partial charge is 0.459 e. The van der Waals surface area contributed by atoms with Crippen molar-refractivity contribution in [2.45, 2.75) is 124 Å². The molecule has 0 radical (unpaired) electrons. The summed E-state index contributed by atoms with van der Waals surface area (Å²) in [6.07, 6.45) is 0.789. The molecular weight excluding hydrogens is 684 g/mol. The molecule has 0 aromatic carbocycles. The molecule has 306 valence electrons. The number of alkyl carbamates (subject to hydrolysis) is 1. The fraction of sp³-hybridized carbons (Fsp3) is 0.868. The van der Waals surface area contributed by atoms with Gasteiger partial charge in [-0.25, -0.2) is 4.79 Å². The van der Waals surface area contributed by atoms with Crippen molar-refractivity contribution in [2.24, 2.45) is 0 Å². The molecule has 0 aromatic heterocycles. The highest BCUT2D eigenvalue weighted by Gasteiger charge is 2.29. The van der Waals surface area contributed by atoms with Crippen molar-refractivity contribution in [1.82, 2.24) is 29.8 Å². The van der Waals surface area contributed by atoms with Crippen LogP contribution in [0, 0.1) is 0 Å². The molecule has 15 heteroatoms. The van der Waals surface area contributed by atoms with Crippen molar-refractivity contribution in [3.8, 4) is 0 Å². The van der Waals surface area contributed by atoms with Crippen molar-refractivity contribution in [3.05, 3.63) is 0 Å². The standard InChI is InChI=1S/C38H70N6O9/c1-35(2,3)50-31(46)26-41-19-17-40(25-30(45)44-15-13-29(14-16-44)39-34(49)53-38(10,11)12)18-20-42(27-32(47)51-36(4,5)6)22-24-43(23-21-41)28-33(48)52-37(7,8)9/h29H,13-28H2,1-12H3,(H,39,49). The minimum absolute atomic E-state index is 0.0197. The van der Waals surface area contributed by atoms with E-state index in [1.165, 1.54) is 0 Å². The number of carbonyl (C=O) groups excluding carboxylic acids is 5. The smallest absolute Gasteiger partial charge is 0.407 e. The van der Waals surface area contributed by atoms with Gasteiger partial charge in [-0.05, 0) is 95.9 Å². The fourth-order valence-electron chi connectivity index (χ4n) is 5.92. The van der Waals surface area contributed by atoms with Gasteiger partial charge in [0.25, 0.3) is 0 Å². The zero-order chi connectivity index (χ0) is 40.2. The number of likely N-dealkylation sites (tertiary alicyclic amines) is 1. The van der Waals surface area contributed by atoms with E-state index in [4.69, 9.17) is 18.9 Å². The molecule has 53 heavy (non-hydrogen) atoms. The van der Waals surface area contributed by atoms with E-state index in [1.54, 1.807) is 0 Å². The van der Waals surface area contributed by atoms with E-state index in [1.807, 2.05) is 103 Å². The molecule has 2 amide bonds. The molecule has 0 unspecified atom stereocenters. The Morgan fingerprint density at radius 3 is 1.02 bits per heavy atom. The number of nitrogens with zero attached hydrogens (tertiary/aromatic N) is 5. The first kappa shape index (κ1) is 46.1. The summed E-state index contributed by atoms with van der Waals surface area (Å²) in [6.45, 7) is 27.1. The van der Waals surface area contributed by atoms with Crippen molar-refractivity contribution in [3.63, 3.8) is 0 Å². The van der Waals surface area contributed by atoms with Gasteiger partial charge in [0, 0.05) is 71.5 Å². The van der Waals surface area contributed by atoms with E-state index >= 15 is 0 Å². The van der Waals surface area contributed by atoms with E-state index in [9.17, 15) is 24.0 Å². The van der Waals surface area contributed by atoms with Crippen molar-refractivity contribution >= 4 is 29.9 Å². The Hall–Kier alpha value is -3.01. The summed E-state index contributed by atoms with van der Waals surface area (Å²) in [5.74, 6) is -1.07. The maximum Gasteiger partial charge on any atom is 0.407 e. The summed E-state index contributed by atoms with van der Waals surface area (Å²) in [5.41, 5.74) is -2.51. The number of esters is 3. The van der Waals surface area contributed by atoms with Gasteiger partial charge in [-0.15, -0.1) is 0 Å². The summed E-state index contributed by atoms with van der Waals surface area (Å²) in [7, 11) is 0. The Morgan fingerprint density at radius 1 is 0.453 bits per heavy atom. The molecule has 2 fully saturated rings. The van der Waals surface area contributed by atoms with Crippen molar-refractivity contribution < 1.29 is 42.9 Å². The highest BCUT2D eigenvalue weighted by Crippen LogP contribution is 2.15. The number of nitrogens with one attached hydrogen (secondary N) is 1. The van der Waals surface area contributed by atoms with Crippen LogP contribution >= 0.6 is 0 Å². The third kappa shape index (κ3) is 21.5. The maximum atomic E-state index is 13.7. The third-order valence-electron chi connectivity index (χ3n) is 8.18. The lowest BCUT2D eigenvalue weighted by Crippen LogP contribution is -2.52. The van der Waals surface area contributed by atoms with Gasteiger partial charge < -0.3 is 29.2 Å². The normalized spacial score (nSPS) is 19.1. The lowest BCUT2D eigenvalue weighted by atomic mass is 10.1. The Labute approximate surface area is 318 Å². The summed E-state index contributed by atoms with van der Waals surface area (Å²) < 4.78 is 22.3. The van der Waals surface area contributed by atoms with E-state index in [0.29, 0.717) is 78.3 Å². The first-order valence-electron chi connectivity index (χ1n) is 19.1. The second kappa shape index (κ2) is 20.1. The molecule has 0 aromatic rings. The van der Waals surface area contributed by atoms with Gasteiger partial charge in [-0.1, -0.05) is 0 Å². The molecule has 2 saturated heterocycles. The van der Waals surface area contributed by atoms with Crippen LogP contribution in [0.4, 0.5) is 4.79 Å². The Morgan fingerprint density at radius 2 is 0.736 bits per heavy atom. The molecule has 0 aliphatic carbocycles. The van der Waals surface area contributed by atoms with Gasteiger partial charge in [-0.2, -0.15) is 0 Å². The second-order valence-electron chi connectivity index (χ2n) is 18.2. The molecular formula is C38H70N6O9.